The molecule has 2 aromatic heterocycles. The number of benzene rings is 2. The predicted octanol–water partition coefficient (Wildman–Crippen LogP) is 6.24. The van der Waals surface area contributed by atoms with Crippen LogP contribution in [0, 0.1) is 11.3 Å². The Bertz CT molecular complexity index is 2050. The lowest BCUT2D eigenvalue weighted by Crippen LogP contribution is -2.56. The highest BCUT2D eigenvalue weighted by Gasteiger charge is 2.56. The van der Waals surface area contributed by atoms with Gasteiger partial charge in [0.1, 0.15) is 12.1 Å². The van der Waals surface area contributed by atoms with Crippen molar-refractivity contribution in [3.63, 3.8) is 0 Å². The largest absolute Gasteiger partial charge is 0.359 e. The van der Waals surface area contributed by atoms with Crippen LogP contribution in [0.3, 0.4) is 0 Å². The molecule has 0 bridgehead atoms. The third-order valence-corrected chi connectivity index (χ3v) is 10.6. The molecule has 10 nitrogen and oxygen atoms in total. The maximum absolute atomic E-state index is 14.8. The van der Waals surface area contributed by atoms with Crippen molar-refractivity contribution in [3.8, 4) is 11.8 Å². The molecule has 3 aliphatic rings. The predicted molar refractivity (Wildman–Crippen MR) is 193 cm³/mol. The fourth-order valence-electron chi connectivity index (χ4n) is 7.99. The SMILES string of the molecule is C=CC(=O)N1CCN(c2nc(=O)n(-c3c(C(C)C)ncnc3C(C)C)c3c2CCN(c2cccc4cccc(Cl)c24)C32CC2)C[C@@H]1CC#N. The van der Waals surface area contributed by atoms with Gasteiger partial charge in [-0.25, -0.2) is 14.8 Å². The van der Waals surface area contributed by atoms with Gasteiger partial charge in [-0.1, -0.05) is 70.1 Å². The third kappa shape index (κ3) is 5.35. The van der Waals surface area contributed by atoms with Gasteiger partial charge in [0.2, 0.25) is 5.91 Å². The van der Waals surface area contributed by atoms with Crippen molar-refractivity contribution in [1.29, 1.82) is 5.26 Å². The van der Waals surface area contributed by atoms with Gasteiger partial charge >= 0.3 is 5.69 Å². The smallest absolute Gasteiger partial charge is 0.354 e. The van der Waals surface area contributed by atoms with Gasteiger partial charge in [0.25, 0.3) is 0 Å². The highest BCUT2D eigenvalue weighted by Crippen LogP contribution is 2.58. The average Bonchev–Trinajstić information content (AvgIpc) is 3.88. The van der Waals surface area contributed by atoms with E-state index in [9.17, 15) is 14.9 Å². The zero-order valence-corrected chi connectivity index (χ0v) is 29.2. The number of piperazine rings is 1. The molecule has 0 N–H and O–H groups in total. The van der Waals surface area contributed by atoms with Crippen LogP contribution < -0.4 is 15.5 Å². The first-order chi connectivity index (χ1) is 23.6. The molecular formula is C38H41ClN8O2. The minimum absolute atomic E-state index is 0.0339. The van der Waals surface area contributed by atoms with Crippen LogP contribution in [0.15, 0.2) is 60.2 Å². The Hall–Kier alpha value is -4.75. The van der Waals surface area contributed by atoms with Crippen LogP contribution in [-0.4, -0.2) is 62.5 Å². The van der Waals surface area contributed by atoms with Crippen LogP contribution in [-0.2, 0) is 16.8 Å². The number of aromatic nitrogens is 4. The Morgan fingerprint density at radius 2 is 1.78 bits per heavy atom. The lowest BCUT2D eigenvalue weighted by Gasteiger charge is -2.45. The van der Waals surface area contributed by atoms with Crippen molar-refractivity contribution in [3.05, 3.63) is 93.5 Å². The van der Waals surface area contributed by atoms with E-state index in [0.29, 0.717) is 43.4 Å². The number of halogens is 1. The van der Waals surface area contributed by atoms with Crippen LogP contribution in [0.4, 0.5) is 11.5 Å². The van der Waals surface area contributed by atoms with E-state index in [-0.39, 0.29) is 35.9 Å². The number of carbonyl (C=O) groups is 1. The highest BCUT2D eigenvalue weighted by molar-refractivity contribution is 6.36. The maximum atomic E-state index is 14.8. The van der Waals surface area contributed by atoms with Crippen molar-refractivity contribution < 1.29 is 4.79 Å². The normalized spacial score (nSPS) is 18.2. The van der Waals surface area contributed by atoms with Crippen molar-refractivity contribution in [2.75, 3.05) is 36.0 Å². The summed E-state index contributed by atoms with van der Waals surface area (Å²) in [5.41, 5.74) is 4.48. The summed E-state index contributed by atoms with van der Waals surface area (Å²) in [6, 6.07) is 14.2. The first-order valence-corrected chi connectivity index (χ1v) is 17.5. The fraction of sp³-hybridized carbons (Fsp3) is 0.421. The summed E-state index contributed by atoms with van der Waals surface area (Å²) in [5, 5.41) is 12.4. The number of fused-ring (bicyclic) bond motifs is 3. The second-order valence-electron chi connectivity index (χ2n) is 13.9. The number of nitriles is 1. The summed E-state index contributed by atoms with van der Waals surface area (Å²) in [5.74, 6) is 0.511. The average molecular weight is 677 g/mol. The highest BCUT2D eigenvalue weighted by atomic mass is 35.5. The maximum Gasteiger partial charge on any atom is 0.354 e. The van der Waals surface area contributed by atoms with E-state index in [0.717, 1.165) is 57.6 Å². The van der Waals surface area contributed by atoms with Crippen LogP contribution >= 0.6 is 11.6 Å². The van der Waals surface area contributed by atoms with Crippen molar-refractivity contribution in [2.24, 2.45) is 0 Å². The van der Waals surface area contributed by atoms with E-state index in [2.05, 4.69) is 74.4 Å². The first kappa shape index (κ1) is 32.8. The van der Waals surface area contributed by atoms with E-state index in [1.807, 2.05) is 16.7 Å². The monoisotopic (exact) mass is 676 g/mol. The molecule has 0 unspecified atom stereocenters. The molecule has 1 saturated carbocycles. The minimum Gasteiger partial charge on any atom is -0.359 e. The lowest BCUT2D eigenvalue weighted by atomic mass is 9.91. The topological polar surface area (TPSA) is 111 Å². The Morgan fingerprint density at radius 1 is 1.08 bits per heavy atom. The van der Waals surface area contributed by atoms with Gasteiger partial charge in [0, 0.05) is 42.8 Å². The molecular weight excluding hydrogens is 636 g/mol. The first-order valence-electron chi connectivity index (χ1n) is 17.1. The second-order valence-corrected chi connectivity index (χ2v) is 14.3. The molecule has 49 heavy (non-hydrogen) atoms. The molecule has 0 radical (unpaired) electrons. The minimum atomic E-state index is -0.483. The molecule has 1 spiro atoms. The van der Waals surface area contributed by atoms with Gasteiger partial charge in [0.05, 0.1) is 51.9 Å². The lowest BCUT2D eigenvalue weighted by molar-refractivity contribution is -0.128. The number of carbonyl (C=O) groups excluding carboxylic acids is 1. The summed E-state index contributed by atoms with van der Waals surface area (Å²) in [6.45, 7) is 14.0. The molecule has 2 aliphatic heterocycles. The number of hydrogen-bond acceptors (Lipinski definition) is 8. The van der Waals surface area contributed by atoms with Gasteiger partial charge in [-0.05, 0) is 54.7 Å². The Labute approximate surface area is 291 Å². The molecule has 2 fully saturated rings. The molecule has 4 heterocycles. The number of nitrogens with zero attached hydrogens (tertiary/aromatic N) is 8. The molecule has 252 valence electrons. The fourth-order valence-corrected chi connectivity index (χ4v) is 8.27. The van der Waals surface area contributed by atoms with Gasteiger partial charge in [-0.15, -0.1) is 0 Å². The van der Waals surface area contributed by atoms with Crippen LogP contribution in [0.25, 0.3) is 16.5 Å². The van der Waals surface area contributed by atoms with E-state index >= 15 is 0 Å². The second kappa shape index (κ2) is 12.6. The number of hydrogen-bond donors (Lipinski definition) is 0. The zero-order valence-electron chi connectivity index (χ0n) is 28.5. The van der Waals surface area contributed by atoms with Crippen LogP contribution in [0.5, 0.6) is 0 Å². The van der Waals surface area contributed by atoms with Gasteiger partial charge in [-0.3, -0.25) is 9.36 Å². The summed E-state index contributed by atoms with van der Waals surface area (Å²) < 4.78 is 1.83. The summed E-state index contributed by atoms with van der Waals surface area (Å²) in [6.07, 6.45) is 5.41. The molecule has 4 aromatic rings. The third-order valence-electron chi connectivity index (χ3n) is 10.3. The van der Waals surface area contributed by atoms with E-state index in [1.54, 1.807) is 11.2 Å². The standard InChI is InChI=1S/C38H41ClN8O2/c1-6-30(48)45-20-19-44(21-26(45)13-17-40)36-27-14-18-46(29-12-8-10-25-9-7-11-28(39)31(25)29)38(15-16-38)35(27)47(37(49)43-36)34-32(23(2)3)41-22-42-33(34)24(4)5/h6-12,22-24,26H,1,13-16,18-21H2,2-5H3/t26-/m0/s1. The van der Waals surface area contributed by atoms with E-state index in [4.69, 9.17) is 26.6 Å². The summed E-state index contributed by atoms with van der Waals surface area (Å²) in [4.78, 5) is 48.1. The van der Waals surface area contributed by atoms with Crippen LogP contribution in [0.1, 0.15) is 81.4 Å². The number of anilines is 2. The van der Waals surface area contributed by atoms with Crippen molar-refractivity contribution in [1.82, 2.24) is 24.4 Å². The zero-order chi connectivity index (χ0) is 34.6. The molecule has 1 aliphatic carbocycles. The van der Waals surface area contributed by atoms with Crippen molar-refractivity contribution >= 4 is 39.8 Å². The summed E-state index contributed by atoms with van der Waals surface area (Å²) >= 11 is 6.90. The molecule has 1 saturated heterocycles. The van der Waals surface area contributed by atoms with E-state index in [1.165, 1.54) is 6.08 Å². The molecule has 1 atom stereocenters. The summed E-state index contributed by atoms with van der Waals surface area (Å²) in [7, 11) is 0. The molecule has 2 aromatic carbocycles. The molecule has 11 heteroatoms. The van der Waals surface area contributed by atoms with Gasteiger partial charge < -0.3 is 14.7 Å². The Kier molecular flexibility index (Phi) is 8.44. The number of amides is 1. The van der Waals surface area contributed by atoms with E-state index < -0.39 is 5.54 Å². The van der Waals surface area contributed by atoms with Crippen molar-refractivity contribution in [2.45, 2.75) is 76.8 Å². The van der Waals surface area contributed by atoms with Gasteiger partial charge in [-0.2, -0.15) is 10.2 Å². The van der Waals surface area contributed by atoms with Gasteiger partial charge in [0.15, 0.2) is 0 Å². The quantitative estimate of drug-likeness (QED) is 0.212. The Balaban J connectivity index is 1.48. The molecule has 7 rings (SSSR count). The Morgan fingerprint density at radius 3 is 2.41 bits per heavy atom. The molecule has 1 amide bonds. The number of rotatable bonds is 7. The van der Waals surface area contributed by atoms with Crippen LogP contribution in [0.2, 0.25) is 5.02 Å².